The molecule has 0 aliphatic heterocycles. The molecule has 0 N–H and O–H groups in total. The highest BCUT2D eigenvalue weighted by Crippen LogP contribution is 2.45. The summed E-state index contributed by atoms with van der Waals surface area (Å²) >= 11 is 0. The molecule has 1 aliphatic carbocycles. The molecule has 0 atom stereocenters. The van der Waals surface area contributed by atoms with E-state index in [0.717, 1.165) is 22.4 Å². The smallest absolute Gasteiger partial charge is 0.0979 e. The van der Waals surface area contributed by atoms with Crippen molar-refractivity contribution in [3.05, 3.63) is 60.7 Å². The molecular formula is C22H22N2. The lowest BCUT2D eigenvalue weighted by molar-refractivity contribution is 1.32. The third-order valence-corrected chi connectivity index (χ3v) is 3.99. The van der Waals surface area contributed by atoms with E-state index in [1.54, 1.807) is 0 Å². The van der Waals surface area contributed by atoms with Crippen molar-refractivity contribution in [2.24, 2.45) is 0 Å². The second-order valence-electron chi connectivity index (χ2n) is 5.12. The number of hydrogen-bond donors (Lipinski definition) is 0. The molecule has 0 fully saturated rings. The van der Waals surface area contributed by atoms with Gasteiger partial charge in [-0.05, 0) is 17.5 Å². The maximum atomic E-state index is 4.83. The minimum Gasteiger partial charge on any atom is -0.244 e. The van der Waals surface area contributed by atoms with E-state index in [0.29, 0.717) is 0 Å². The largest absolute Gasteiger partial charge is 0.244 e. The predicted molar refractivity (Wildman–Crippen MR) is 104 cm³/mol. The number of fused-ring (bicyclic) bond motifs is 4. The molecule has 1 aromatic heterocycles. The normalized spacial score (nSPS) is 10.5. The van der Waals surface area contributed by atoms with Crippen LogP contribution in [0.25, 0.3) is 44.3 Å². The predicted octanol–water partition coefficient (Wildman–Crippen LogP) is 6.48. The Balaban J connectivity index is 0.000000396. The van der Waals surface area contributed by atoms with Gasteiger partial charge in [0.2, 0.25) is 0 Å². The van der Waals surface area contributed by atoms with Crippen molar-refractivity contribution in [2.75, 3.05) is 0 Å². The Morgan fingerprint density at radius 1 is 0.542 bits per heavy atom. The third-order valence-electron chi connectivity index (χ3n) is 3.99. The molecule has 3 aromatic carbocycles. The average Bonchev–Trinajstić information content (AvgIpc) is 2.99. The topological polar surface area (TPSA) is 25.8 Å². The highest BCUT2D eigenvalue weighted by Gasteiger charge is 2.23. The summed E-state index contributed by atoms with van der Waals surface area (Å²) in [7, 11) is 0. The first-order valence-corrected chi connectivity index (χ1v) is 8.71. The Labute approximate surface area is 143 Å². The van der Waals surface area contributed by atoms with Crippen molar-refractivity contribution in [1.29, 1.82) is 0 Å². The van der Waals surface area contributed by atoms with Gasteiger partial charge in [0.1, 0.15) is 0 Å². The first-order chi connectivity index (χ1) is 11.9. The Morgan fingerprint density at radius 3 is 1.46 bits per heavy atom. The standard InChI is InChI=1S/C18H10N2.2C2H6/c1-2-10-15-14(9-1)19-17-12-7-3-5-11-6-4-8-13(16(11)12)18(17)20-15;2*1-2/h1-10H;2*1-2H3. The van der Waals surface area contributed by atoms with Crippen LogP contribution in [0.5, 0.6) is 0 Å². The molecule has 0 saturated heterocycles. The fourth-order valence-corrected chi connectivity index (χ4v) is 3.11. The van der Waals surface area contributed by atoms with Crippen LogP contribution in [0.2, 0.25) is 0 Å². The lowest BCUT2D eigenvalue weighted by Gasteiger charge is -2.02. The van der Waals surface area contributed by atoms with Gasteiger partial charge in [-0.3, -0.25) is 0 Å². The first kappa shape index (κ1) is 16.1. The maximum absolute atomic E-state index is 4.83. The zero-order valence-corrected chi connectivity index (χ0v) is 14.7. The van der Waals surface area contributed by atoms with Gasteiger partial charge < -0.3 is 0 Å². The van der Waals surface area contributed by atoms with E-state index in [1.165, 1.54) is 21.9 Å². The summed E-state index contributed by atoms with van der Waals surface area (Å²) < 4.78 is 0. The van der Waals surface area contributed by atoms with E-state index >= 15 is 0 Å². The first-order valence-electron chi connectivity index (χ1n) is 8.71. The molecule has 2 nitrogen and oxygen atoms in total. The summed E-state index contributed by atoms with van der Waals surface area (Å²) in [5.74, 6) is 0. The second kappa shape index (κ2) is 6.79. The van der Waals surface area contributed by atoms with Crippen molar-refractivity contribution < 1.29 is 0 Å². The van der Waals surface area contributed by atoms with Crippen LogP contribution in [0.4, 0.5) is 0 Å². The molecule has 2 heteroatoms. The van der Waals surface area contributed by atoms with E-state index in [4.69, 9.17) is 9.97 Å². The van der Waals surface area contributed by atoms with Gasteiger partial charge in [-0.15, -0.1) is 0 Å². The van der Waals surface area contributed by atoms with Crippen LogP contribution >= 0.6 is 0 Å². The SMILES string of the molecule is CC.CC.c1cc2c3c(cccc3c1)-c1nc3ccccc3nc1-2. The van der Waals surface area contributed by atoms with Gasteiger partial charge in [-0.25, -0.2) is 9.97 Å². The second-order valence-corrected chi connectivity index (χ2v) is 5.12. The van der Waals surface area contributed by atoms with E-state index in [-0.39, 0.29) is 0 Å². The van der Waals surface area contributed by atoms with Gasteiger partial charge in [-0.2, -0.15) is 0 Å². The third kappa shape index (κ3) is 2.35. The highest BCUT2D eigenvalue weighted by atomic mass is 14.8. The molecule has 4 aromatic rings. The van der Waals surface area contributed by atoms with Crippen molar-refractivity contribution in [1.82, 2.24) is 9.97 Å². The van der Waals surface area contributed by atoms with E-state index < -0.39 is 0 Å². The number of para-hydroxylation sites is 2. The number of hydrogen-bond acceptors (Lipinski definition) is 2. The van der Waals surface area contributed by atoms with E-state index in [2.05, 4.69) is 36.4 Å². The zero-order chi connectivity index (χ0) is 17.1. The maximum Gasteiger partial charge on any atom is 0.0979 e. The average molecular weight is 314 g/mol. The van der Waals surface area contributed by atoms with Gasteiger partial charge in [0.25, 0.3) is 0 Å². The van der Waals surface area contributed by atoms with Crippen LogP contribution in [0.1, 0.15) is 27.7 Å². The molecule has 24 heavy (non-hydrogen) atoms. The van der Waals surface area contributed by atoms with E-state index in [9.17, 15) is 0 Å². The van der Waals surface area contributed by atoms with Crippen LogP contribution in [0, 0.1) is 0 Å². The quantitative estimate of drug-likeness (QED) is 0.327. The summed E-state index contributed by atoms with van der Waals surface area (Å²) in [5.41, 5.74) is 6.33. The van der Waals surface area contributed by atoms with Crippen LogP contribution in [0.15, 0.2) is 60.7 Å². The Bertz CT molecular complexity index is 926. The summed E-state index contributed by atoms with van der Waals surface area (Å²) in [5, 5.41) is 2.53. The minimum atomic E-state index is 0.955. The van der Waals surface area contributed by atoms with Gasteiger partial charge in [0.05, 0.1) is 22.4 Å². The van der Waals surface area contributed by atoms with E-state index in [1.807, 2.05) is 52.0 Å². The van der Waals surface area contributed by atoms with Gasteiger partial charge in [-0.1, -0.05) is 76.2 Å². The molecule has 5 rings (SSSR count). The monoisotopic (exact) mass is 314 g/mol. The molecular weight excluding hydrogens is 292 g/mol. The number of nitrogens with zero attached hydrogens (tertiary/aromatic N) is 2. The summed E-state index contributed by atoms with van der Waals surface area (Å²) in [6, 6.07) is 20.8. The highest BCUT2D eigenvalue weighted by molar-refractivity contribution is 6.14. The molecule has 0 bridgehead atoms. The zero-order valence-electron chi connectivity index (χ0n) is 14.7. The minimum absolute atomic E-state index is 0.955. The Morgan fingerprint density at radius 2 is 1.00 bits per heavy atom. The molecule has 0 radical (unpaired) electrons. The molecule has 0 spiro atoms. The van der Waals surface area contributed by atoms with Gasteiger partial charge in [0, 0.05) is 16.5 Å². The molecule has 1 heterocycles. The van der Waals surface area contributed by atoms with Crippen LogP contribution < -0.4 is 0 Å². The molecule has 1 aliphatic rings. The van der Waals surface area contributed by atoms with Crippen molar-refractivity contribution in [2.45, 2.75) is 27.7 Å². The molecule has 0 amide bonds. The van der Waals surface area contributed by atoms with Crippen molar-refractivity contribution in [3.63, 3.8) is 0 Å². The lowest BCUT2D eigenvalue weighted by atomic mass is 10.0. The summed E-state index contributed by atoms with van der Waals surface area (Å²) in [6.45, 7) is 8.00. The fraction of sp³-hybridized carbons (Fsp3) is 0.182. The van der Waals surface area contributed by atoms with Crippen LogP contribution in [-0.4, -0.2) is 9.97 Å². The van der Waals surface area contributed by atoms with Crippen LogP contribution in [-0.2, 0) is 0 Å². The summed E-state index contributed by atoms with van der Waals surface area (Å²) in [6.07, 6.45) is 0. The molecule has 0 saturated carbocycles. The number of rotatable bonds is 0. The van der Waals surface area contributed by atoms with Crippen molar-refractivity contribution >= 4 is 21.8 Å². The fourth-order valence-electron chi connectivity index (χ4n) is 3.11. The Kier molecular flexibility index (Phi) is 4.57. The Hall–Kier alpha value is -2.74. The lowest BCUT2D eigenvalue weighted by Crippen LogP contribution is -1.89. The van der Waals surface area contributed by atoms with Crippen molar-refractivity contribution in [3.8, 4) is 22.5 Å². The van der Waals surface area contributed by atoms with Gasteiger partial charge >= 0.3 is 0 Å². The summed E-state index contributed by atoms with van der Waals surface area (Å²) in [4.78, 5) is 9.67. The van der Waals surface area contributed by atoms with Crippen LogP contribution in [0.3, 0.4) is 0 Å². The van der Waals surface area contributed by atoms with Gasteiger partial charge in [0.15, 0.2) is 0 Å². The number of aromatic nitrogens is 2. The number of benzene rings is 3. The molecule has 0 unspecified atom stereocenters. The molecule has 120 valence electrons.